The molecule has 0 aliphatic heterocycles. The highest BCUT2D eigenvalue weighted by atomic mass is 19.2. The Hall–Kier alpha value is -2.17. The average Bonchev–Trinajstić information content (AvgIpc) is 2.34. The van der Waals surface area contributed by atoms with Gasteiger partial charge in [-0.05, 0) is 30.3 Å². The van der Waals surface area contributed by atoms with Crippen LogP contribution in [0.15, 0.2) is 36.4 Å². The second-order valence-corrected chi connectivity index (χ2v) is 3.84. The molecule has 2 N–H and O–H groups in total. The molecule has 0 saturated heterocycles. The highest BCUT2D eigenvalue weighted by molar-refractivity contribution is 5.75. The first kappa shape index (κ1) is 12.3. The zero-order valence-electron chi connectivity index (χ0n) is 9.62. The van der Waals surface area contributed by atoms with Gasteiger partial charge in [-0.1, -0.05) is 6.07 Å². The smallest absolute Gasteiger partial charge is 0.184 e. The Kier molecular flexibility index (Phi) is 3.14. The van der Waals surface area contributed by atoms with Crippen LogP contribution in [0.4, 0.5) is 30.2 Å². The van der Waals surface area contributed by atoms with Crippen LogP contribution >= 0.6 is 0 Å². The molecule has 0 saturated carbocycles. The lowest BCUT2D eigenvalue weighted by Crippen LogP contribution is -2.14. The van der Waals surface area contributed by atoms with E-state index < -0.39 is 17.5 Å². The summed E-state index contributed by atoms with van der Waals surface area (Å²) in [6.07, 6.45) is 0. The van der Waals surface area contributed by atoms with Gasteiger partial charge in [-0.25, -0.2) is 13.2 Å². The Morgan fingerprint density at radius 2 is 1.78 bits per heavy atom. The van der Waals surface area contributed by atoms with Gasteiger partial charge in [0.05, 0.1) is 5.69 Å². The maximum atomic E-state index is 13.7. The van der Waals surface area contributed by atoms with Crippen molar-refractivity contribution in [1.29, 1.82) is 0 Å². The third-order valence-corrected chi connectivity index (χ3v) is 2.63. The maximum absolute atomic E-state index is 13.7. The zero-order valence-corrected chi connectivity index (χ0v) is 9.62. The summed E-state index contributed by atoms with van der Waals surface area (Å²) in [5.74, 6) is -2.51. The topological polar surface area (TPSA) is 29.3 Å². The maximum Gasteiger partial charge on any atom is 0.184 e. The van der Waals surface area contributed by atoms with Crippen molar-refractivity contribution in [1.82, 2.24) is 0 Å². The lowest BCUT2D eigenvalue weighted by molar-refractivity contribution is 0.510. The van der Waals surface area contributed by atoms with Gasteiger partial charge in [0.2, 0.25) is 0 Å². The minimum atomic E-state index is -1.05. The number of benzene rings is 2. The molecule has 2 nitrogen and oxygen atoms in total. The van der Waals surface area contributed by atoms with Gasteiger partial charge in [0.15, 0.2) is 11.6 Å². The van der Waals surface area contributed by atoms with Gasteiger partial charge < -0.3 is 10.6 Å². The fourth-order valence-electron chi connectivity index (χ4n) is 1.71. The number of halogens is 3. The number of hydrogen-bond acceptors (Lipinski definition) is 2. The number of rotatable bonds is 2. The van der Waals surface area contributed by atoms with Crippen molar-refractivity contribution in [3.63, 3.8) is 0 Å². The number of nitrogens with two attached hydrogens (primary N) is 1. The van der Waals surface area contributed by atoms with E-state index in [1.54, 1.807) is 6.07 Å². The van der Waals surface area contributed by atoms with E-state index in [1.165, 1.54) is 36.2 Å². The molecule has 0 radical (unpaired) electrons. The molecule has 0 bridgehead atoms. The second-order valence-electron chi connectivity index (χ2n) is 3.84. The molecule has 0 aliphatic rings. The largest absolute Gasteiger partial charge is 0.397 e. The molecule has 0 fully saturated rings. The normalized spacial score (nSPS) is 10.4. The van der Waals surface area contributed by atoms with Crippen LogP contribution in [0.25, 0.3) is 0 Å². The van der Waals surface area contributed by atoms with E-state index in [1.807, 2.05) is 0 Å². The first-order valence-electron chi connectivity index (χ1n) is 5.23. The van der Waals surface area contributed by atoms with Gasteiger partial charge in [0.1, 0.15) is 11.5 Å². The molecule has 94 valence electrons. The van der Waals surface area contributed by atoms with Crippen LogP contribution in [-0.2, 0) is 0 Å². The van der Waals surface area contributed by atoms with Gasteiger partial charge in [0, 0.05) is 12.7 Å². The third-order valence-electron chi connectivity index (χ3n) is 2.63. The van der Waals surface area contributed by atoms with Crippen molar-refractivity contribution in [3.8, 4) is 0 Å². The molecule has 0 aliphatic carbocycles. The molecule has 0 heterocycles. The first-order valence-corrected chi connectivity index (χ1v) is 5.23. The fraction of sp³-hybridized carbons (Fsp3) is 0.0769. The summed E-state index contributed by atoms with van der Waals surface area (Å²) in [5.41, 5.74) is 5.98. The van der Waals surface area contributed by atoms with E-state index in [0.717, 1.165) is 6.07 Å². The van der Waals surface area contributed by atoms with E-state index in [4.69, 9.17) is 5.73 Å². The predicted molar refractivity (Wildman–Crippen MR) is 65.2 cm³/mol. The van der Waals surface area contributed by atoms with Crippen LogP contribution in [-0.4, -0.2) is 7.05 Å². The Morgan fingerprint density at radius 3 is 2.44 bits per heavy atom. The van der Waals surface area contributed by atoms with E-state index in [2.05, 4.69) is 0 Å². The molecule has 2 aromatic carbocycles. The van der Waals surface area contributed by atoms with Gasteiger partial charge in [-0.2, -0.15) is 0 Å². The molecule has 2 rings (SSSR count). The molecule has 18 heavy (non-hydrogen) atoms. The molecule has 0 spiro atoms. The molecule has 5 heteroatoms. The molecule has 0 atom stereocenters. The Balaban J connectivity index is 2.52. The van der Waals surface area contributed by atoms with Crippen LogP contribution in [0.2, 0.25) is 0 Å². The zero-order chi connectivity index (χ0) is 13.3. The fourth-order valence-corrected chi connectivity index (χ4v) is 1.71. The standard InChI is InChI=1S/C13H11F3N2/c1-18(9-4-2-3-8(14)7-9)13-11(17)6-5-10(15)12(13)16/h2-7H,17H2,1H3. The first-order chi connectivity index (χ1) is 8.50. The summed E-state index contributed by atoms with van der Waals surface area (Å²) >= 11 is 0. The number of nitrogens with zero attached hydrogens (tertiary/aromatic N) is 1. The number of nitrogen functional groups attached to an aromatic ring is 1. The van der Waals surface area contributed by atoms with Crippen molar-refractivity contribution in [2.24, 2.45) is 0 Å². The number of hydrogen-bond donors (Lipinski definition) is 1. The Bertz CT molecular complexity index is 584. The number of anilines is 3. The second kappa shape index (κ2) is 4.60. The quantitative estimate of drug-likeness (QED) is 0.829. The van der Waals surface area contributed by atoms with Crippen LogP contribution in [0, 0.1) is 17.5 Å². The van der Waals surface area contributed by atoms with E-state index >= 15 is 0 Å². The lowest BCUT2D eigenvalue weighted by Gasteiger charge is -2.22. The summed E-state index contributed by atoms with van der Waals surface area (Å²) < 4.78 is 40.0. The molecule has 2 aromatic rings. The van der Waals surface area contributed by atoms with Crippen LogP contribution in [0.3, 0.4) is 0 Å². The summed E-state index contributed by atoms with van der Waals surface area (Å²) in [7, 11) is 1.49. The van der Waals surface area contributed by atoms with Gasteiger partial charge in [-0.15, -0.1) is 0 Å². The van der Waals surface area contributed by atoms with Crippen molar-refractivity contribution < 1.29 is 13.2 Å². The van der Waals surface area contributed by atoms with Crippen LogP contribution < -0.4 is 10.6 Å². The highest BCUT2D eigenvalue weighted by Gasteiger charge is 2.17. The van der Waals surface area contributed by atoms with E-state index in [-0.39, 0.29) is 11.4 Å². The predicted octanol–water partition coefficient (Wildman–Crippen LogP) is 3.45. The van der Waals surface area contributed by atoms with E-state index in [0.29, 0.717) is 5.69 Å². The summed E-state index contributed by atoms with van der Waals surface area (Å²) in [6, 6.07) is 7.75. The Morgan fingerprint density at radius 1 is 1.06 bits per heavy atom. The summed E-state index contributed by atoms with van der Waals surface area (Å²) in [4.78, 5) is 1.30. The Labute approximate surface area is 102 Å². The molecule has 0 unspecified atom stereocenters. The lowest BCUT2D eigenvalue weighted by atomic mass is 10.2. The molecule has 0 amide bonds. The molecular weight excluding hydrogens is 241 g/mol. The van der Waals surface area contributed by atoms with E-state index in [9.17, 15) is 13.2 Å². The SMILES string of the molecule is CN(c1cccc(F)c1)c1c(N)ccc(F)c1F. The summed E-state index contributed by atoms with van der Waals surface area (Å²) in [6.45, 7) is 0. The van der Waals surface area contributed by atoms with Crippen molar-refractivity contribution in [2.75, 3.05) is 17.7 Å². The highest BCUT2D eigenvalue weighted by Crippen LogP contribution is 2.32. The minimum absolute atomic E-state index is 0.0839. The van der Waals surface area contributed by atoms with Crippen LogP contribution in [0.1, 0.15) is 0 Å². The molecule has 0 aromatic heterocycles. The van der Waals surface area contributed by atoms with Gasteiger partial charge >= 0.3 is 0 Å². The minimum Gasteiger partial charge on any atom is -0.397 e. The van der Waals surface area contributed by atoms with Gasteiger partial charge in [0.25, 0.3) is 0 Å². The monoisotopic (exact) mass is 252 g/mol. The van der Waals surface area contributed by atoms with Gasteiger partial charge in [-0.3, -0.25) is 0 Å². The summed E-state index contributed by atoms with van der Waals surface area (Å²) in [5, 5.41) is 0. The van der Waals surface area contributed by atoms with Crippen molar-refractivity contribution >= 4 is 17.1 Å². The van der Waals surface area contributed by atoms with Crippen molar-refractivity contribution in [3.05, 3.63) is 53.8 Å². The van der Waals surface area contributed by atoms with Crippen molar-refractivity contribution in [2.45, 2.75) is 0 Å². The average molecular weight is 252 g/mol. The third kappa shape index (κ3) is 2.11. The van der Waals surface area contributed by atoms with Crippen LogP contribution in [0.5, 0.6) is 0 Å². The molecular formula is C13H11F3N2.